The van der Waals surface area contributed by atoms with Crippen LogP contribution in [0.1, 0.15) is 13.3 Å². The Kier molecular flexibility index (Phi) is 3.37. The van der Waals surface area contributed by atoms with Crippen LogP contribution in [0.5, 0.6) is 5.75 Å². The van der Waals surface area contributed by atoms with Crippen LogP contribution in [0.4, 0.5) is 4.39 Å². The molecule has 3 rings (SSSR count). The lowest BCUT2D eigenvalue weighted by Gasteiger charge is -2.06. The molecule has 0 amide bonds. The van der Waals surface area contributed by atoms with Gasteiger partial charge < -0.3 is 9.72 Å². The molecular formula is C16H15FN2O. The van der Waals surface area contributed by atoms with E-state index in [0.717, 1.165) is 17.5 Å². The van der Waals surface area contributed by atoms with Crippen LogP contribution >= 0.6 is 0 Å². The summed E-state index contributed by atoms with van der Waals surface area (Å²) in [4.78, 5) is 7.66. The molecule has 1 N–H and O–H groups in total. The smallest absolute Gasteiger partial charge is 0.138 e. The Hall–Kier alpha value is -2.36. The molecule has 0 radical (unpaired) electrons. The molecule has 2 aromatic carbocycles. The molecule has 3 aromatic rings. The van der Waals surface area contributed by atoms with Crippen molar-refractivity contribution in [1.82, 2.24) is 9.97 Å². The van der Waals surface area contributed by atoms with E-state index in [2.05, 4.69) is 9.97 Å². The number of H-pyrrole nitrogens is 1. The van der Waals surface area contributed by atoms with Gasteiger partial charge in [-0.2, -0.15) is 0 Å². The molecule has 0 aliphatic carbocycles. The Balaban J connectivity index is 2.01. The second-order valence-corrected chi connectivity index (χ2v) is 4.63. The fourth-order valence-electron chi connectivity index (χ4n) is 2.09. The highest BCUT2D eigenvalue weighted by atomic mass is 19.1. The number of fused-ring (bicyclic) bond motifs is 1. The topological polar surface area (TPSA) is 37.9 Å². The van der Waals surface area contributed by atoms with E-state index >= 15 is 0 Å². The van der Waals surface area contributed by atoms with Crippen LogP contribution < -0.4 is 4.74 Å². The van der Waals surface area contributed by atoms with Gasteiger partial charge in [-0.3, -0.25) is 0 Å². The summed E-state index contributed by atoms with van der Waals surface area (Å²) in [5.41, 5.74) is 2.48. The van der Waals surface area contributed by atoms with Crippen LogP contribution in [0.3, 0.4) is 0 Å². The number of halogens is 1. The number of aromatic amines is 1. The summed E-state index contributed by atoms with van der Waals surface area (Å²) in [7, 11) is 0. The summed E-state index contributed by atoms with van der Waals surface area (Å²) < 4.78 is 19.2. The highest BCUT2D eigenvalue weighted by molar-refractivity contribution is 5.79. The summed E-state index contributed by atoms with van der Waals surface area (Å²) in [6.07, 6.45) is 0.885. The molecule has 102 valence electrons. The van der Waals surface area contributed by atoms with Crippen molar-refractivity contribution >= 4 is 11.0 Å². The summed E-state index contributed by atoms with van der Waals surface area (Å²) in [6.45, 7) is 2.59. The van der Waals surface area contributed by atoms with Gasteiger partial charge >= 0.3 is 0 Å². The maximum atomic E-state index is 13.7. The number of nitrogens with one attached hydrogen (secondary N) is 1. The maximum Gasteiger partial charge on any atom is 0.138 e. The van der Waals surface area contributed by atoms with E-state index in [1.807, 2.05) is 31.2 Å². The quantitative estimate of drug-likeness (QED) is 0.773. The van der Waals surface area contributed by atoms with E-state index < -0.39 is 0 Å². The van der Waals surface area contributed by atoms with Crippen molar-refractivity contribution in [2.24, 2.45) is 0 Å². The minimum atomic E-state index is -0.325. The van der Waals surface area contributed by atoms with Gasteiger partial charge in [-0.1, -0.05) is 19.1 Å². The monoisotopic (exact) mass is 270 g/mol. The average Bonchev–Trinajstić information content (AvgIpc) is 2.88. The van der Waals surface area contributed by atoms with Gasteiger partial charge in [0, 0.05) is 11.6 Å². The summed E-state index contributed by atoms with van der Waals surface area (Å²) in [6, 6.07) is 12.4. The number of ether oxygens (including phenoxy) is 1. The van der Waals surface area contributed by atoms with Gasteiger partial charge in [0.2, 0.25) is 0 Å². The van der Waals surface area contributed by atoms with E-state index in [0.29, 0.717) is 23.7 Å². The van der Waals surface area contributed by atoms with Crippen LogP contribution in [-0.2, 0) is 0 Å². The van der Waals surface area contributed by atoms with Crippen LogP contribution in [0.25, 0.3) is 22.4 Å². The third-order valence-electron chi connectivity index (χ3n) is 3.01. The fourth-order valence-corrected chi connectivity index (χ4v) is 2.09. The van der Waals surface area contributed by atoms with Crippen LogP contribution in [0.2, 0.25) is 0 Å². The number of imidazole rings is 1. The van der Waals surface area contributed by atoms with Gasteiger partial charge in [0.05, 0.1) is 17.6 Å². The zero-order valence-electron chi connectivity index (χ0n) is 11.2. The molecule has 1 heterocycles. The molecule has 0 saturated heterocycles. The Morgan fingerprint density at radius 2 is 2.05 bits per heavy atom. The van der Waals surface area contributed by atoms with E-state index in [9.17, 15) is 4.39 Å². The second kappa shape index (κ2) is 5.33. The lowest BCUT2D eigenvalue weighted by molar-refractivity contribution is 0.316. The zero-order valence-corrected chi connectivity index (χ0v) is 11.2. The second-order valence-electron chi connectivity index (χ2n) is 4.63. The lowest BCUT2D eigenvalue weighted by atomic mass is 10.2. The van der Waals surface area contributed by atoms with E-state index in [4.69, 9.17) is 4.74 Å². The summed E-state index contributed by atoms with van der Waals surface area (Å²) in [5.74, 6) is 0.850. The number of rotatable bonds is 4. The molecule has 0 aliphatic rings. The molecule has 0 spiro atoms. The van der Waals surface area contributed by atoms with Crippen LogP contribution in [-0.4, -0.2) is 16.6 Å². The van der Waals surface area contributed by atoms with Gasteiger partial charge in [0.25, 0.3) is 0 Å². The van der Waals surface area contributed by atoms with E-state index in [1.54, 1.807) is 6.07 Å². The Labute approximate surface area is 116 Å². The van der Waals surface area contributed by atoms with Crippen molar-refractivity contribution in [1.29, 1.82) is 0 Å². The summed E-state index contributed by atoms with van der Waals surface area (Å²) >= 11 is 0. The molecule has 0 saturated carbocycles. The lowest BCUT2D eigenvalue weighted by Crippen LogP contribution is -1.96. The molecule has 3 nitrogen and oxygen atoms in total. The molecular weight excluding hydrogens is 255 g/mol. The first-order valence-corrected chi connectivity index (χ1v) is 6.65. The molecule has 0 fully saturated rings. The van der Waals surface area contributed by atoms with Crippen LogP contribution in [0.15, 0.2) is 42.5 Å². The van der Waals surface area contributed by atoms with E-state index in [1.165, 1.54) is 12.1 Å². The Morgan fingerprint density at radius 1 is 1.20 bits per heavy atom. The molecule has 0 atom stereocenters. The van der Waals surface area contributed by atoms with Gasteiger partial charge in [-0.15, -0.1) is 0 Å². The average molecular weight is 270 g/mol. The van der Waals surface area contributed by atoms with Gasteiger partial charge in [0.1, 0.15) is 17.4 Å². The van der Waals surface area contributed by atoms with Crippen molar-refractivity contribution < 1.29 is 9.13 Å². The minimum Gasteiger partial charge on any atom is -0.493 e. The molecule has 0 unspecified atom stereocenters. The SMILES string of the molecule is CCCOc1cc(F)cc(-c2nc3ccccc3[nH]2)c1. The van der Waals surface area contributed by atoms with E-state index in [-0.39, 0.29) is 5.82 Å². The van der Waals surface area contributed by atoms with Crippen molar-refractivity contribution in [3.05, 3.63) is 48.3 Å². The first-order valence-electron chi connectivity index (χ1n) is 6.65. The number of nitrogens with zero attached hydrogens (tertiary/aromatic N) is 1. The zero-order chi connectivity index (χ0) is 13.9. The highest BCUT2D eigenvalue weighted by Gasteiger charge is 2.08. The summed E-state index contributed by atoms with van der Waals surface area (Å²) in [5, 5.41) is 0. The molecule has 4 heteroatoms. The molecule has 20 heavy (non-hydrogen) atoms. The third kappa shape index (κ3) is 2.50. The first-order chi connectivity index (χ1) is 9.76. The Morgan fingerprint density at radius 3 is 2.85 bits per heavy atom. The highest BCUT2D eigenvalue weighted by Crippen LogP contribution is 2.25. The largest absolute Gasteiger partial charge is 0.493 e. The molecule has 1 aromatic heterocycles. The third-order valence-corrected chi connectivity index (χ3v) is 3.01. The minimum absolute atomic E-state index is 0.325. The molecule has 0 aliphatic heterocycles. The van der Waals surface area contributed by atoms with Gasteiger partial charge in [0.15, 0.2) is 0 Å². The van der Waals surface area contributed by atoms with Gasteiger partial charge in [-0.25, -0.2) is 9.37 Å². The van der Waals surface area contributed by atoms with Crippen molar-refractivity contribution in [3.63, 3.8) is 0 Å². The number of aromatic nitrogens is 2. The number of hydrogen-bond donors (Lipinski definition) is 1. The van der Waals surface area contributed by atoms with Crippen molar-refractivity contribution in [3.8, 4) is 17.1 Å². The Bertz CT molecular complexity index is 703. The number of para-hydroxylation sites is 2. The van der Waals surface area contributed by atoms with Crippen molar-refractivity contribution in [2.45, 2.75) is 13.3 Å². The standard InChI is InChI=1S/C16H15FN2O/c1-2-7-20-13-9-11(8-12(17)10-13)16-18-14-5-3-4-6-15(14)19-16/h3-6,8-10H,2,7H2,1H3,(H,18,19). The maximum absolute atomic E-state index is 13.7. The predicted octanol–water partition coefficient (Wildman–Crippen LogP) is 4.16. The number of benzene rings is 2. The normalized spacial score (nSPS) is 10.9. The number of hydrogen-bond acceptors (Lipinski definition) is 2. The molecule has 0 bridgehead atoms. The van der Waals surface area contributed by atoms with Crippen molar-refractivity contribution in [2.75, 3.05) is 6.61 Å². The fraction of sp³-hybridized carbons (Fsp3) is 0.188. The predicted molar refractivity (Wildman–Crippen MR) is 77.3 cm³/mol. The first kappa shape index (κ1) is 12.7. The van der Waals surface area contributed by atoms with Gasteiger partial charge in [-0.05, 0) is 30.7 Å². The van der Waals surface area contributed by atoms with Crippen LogP contribution in [0, 0.1) is 5.82 Å².